The van der Waals surface area contributed by atoms with Gasteiger partial charge in [-0.05, 0) is 30.5 Å². The van der Waals surface area contributed by atoms with Crippen LogP contribution in [-0.4, -0.2) is 66.2 Å². The number of hydrogen-bond donors (Lipinski definition) is 1. The number of halogens is 6. The van der Waals surface area contributed by atoms with Crippen molar-refractivity contribution in [3.05, 3.63) is 59.8 Å². The predicted molar refractivity (Wildman–Crippen MR) is 144 cm³/mol. The third kappa shape index (κ3) is 5.80. The number of anilines is 1. The smallest absolute Gasteiger partial charge is 0.435 e. The van der Waals surface area contributed by atoms with Crippen molar-refractivity contribution in [1.82, 2.24) is 39.3 Å². The zero-order valence-corrected chi connectivity index (χ0v) is 23.1. The van der Waals surface area contributed by atoms with E-state index in [0.29, 0.717) is 11.1 Å². The van der Waals surface area contributed by atoms with Crippen molar-refractivity contribution >= 4 is 17.1 Å². The van der Waals surface area contributed by atoms with E-state index in [9.17, 15) is 26.3 Å². The number of nitrogens with one attached hydrogen (secondary N) is 1. The number of alkyl halides is 6. The Labute approximate surface area is 244 Å². The molecule has 1 saturated carbocycles. The molecule has 0 aliphatic heterocycles. The van der Waals surface area contributed by atoms with Gasteiger partial charge in [-0.25, -0.2) is 29.6 Å². The number of aromatic nitrogens is 8. The average molecular weight is 620 g/mol. The van der Waals surface area contributed by atoms with E-state index < -0.39 is 24.6 Å². The molecule has 5 aromatic rings. The normalized spacial score (nSPS) is 13.8. The Hall–Kier alpha value is -4.96. The monoisotopic (exact) mass is 619 g/mol. The van der Waals surface area contributed by atoms with Crippen LogP contribution < -0.4 is 14.8 Å². The van der Waals surface area contributed by atoms with Crippen molar-refractivity contribution < 1.29 is 35.8 Å². The number of methoxy groups -OCH3 is 2. The molecule has 4 heterocycles. The zero-order valence-electron chi connectivity index (χ0n) is 23.1. The zero-order chi connectivity index (χ0) is 31.2. The van der Waals surface area contributed by atoms with Crippen LogP contribution in [0.1, 0.15) is 35.7 Å². The molecule has 230 valence electrons. The molecule has 17 heteroatoms. The summed E-state index contributed by atoms with van der Waals surface area (Å²) in [6.07, 6.45) is -4.54. The molecule has 6 rings (SSSR count). The minimum atomic E-state index is -4.67. The SMILES string of the molecule is COc1ncnc(C2CC2)c1-c1ncc2nc(NCC(F)(F)F)n(Cc3ccc(-n4nc(C(F)(F)F)cc4OC)cc3)c2n1. The third-order valence-electron chi connectivity index (χ3n) is 6.86. The summed E-state index contributed by atoms with van der Waals surface area (Å²) < 4.78 is 92.1. The Kier molecular flexibility index (Phi) is 7.25. The fourth-order valence-corrected chi connectivity index (χ4v) is 4.67. The first kappa shape index (κ1) is 29.1. The van der Waals surface area contributed by atoms with E-state index in [4.69, 9.17) is 9.47 Å². The first-order valence-corrected chi connectivity index (χ1v) is 13.2. The minimum absolute atomic E-state index is 0.00930. The fourth-order valence-electron chi connectivity index (χ4n) is 4.67. The lowest BCUT2D eigenvalue weighted by Crippen LogP contribution is -2.23. The lowest BCUT2D eigenvalue weighted by Gasteiger charge is -2.13. The summed E-state index contributed by atoms with van der Waals surface area (Å²) in [5, 5.41) is 5.93. The topological polar surface area (TPSA) is 118 Å². The second-order valence-corrected chi connectivity index (χ2v) is 9.96. The van der Waals surface area contributed by atoms with Gasteiger partial charge in [0.25, 0.3) is 0 Å². The molecule has 1 aromatic carbocycles. The fraction of sp³-hybridized carbons (Fsp3) is 0.333. The van der Waals surface area contributed by atoms with Gasteiger partial charge >= 0.3 is 12.4 Å². The maximum atomic E-state index is 13.2. The first-order chi connectivity index (χ1) is 20.9. The highest BCUT2D eigenvalue weighted by Crippen LogP contribution is 2.45. The molecular formula is C27H23F6N9O2. The van der Waals surface area contributed by atoms with Gasteiger partial charge in [-0.3, -0.25) is 4.57 Å². The number of rotatable bonds is 9. The van der Waals surface area contributed by atoms with Crippen LogP contribution in [0.4, 0.5) is 32.3 Å². The molecule has 0 unspecified atom stereocenters. The Bertz CT molecular complexity index is 1810. The number of hydrogen-bond acceptors (Lipinski definition) is 9. The predicted octanol–water partition coefficient (Wildman–Crippen LogP) is 5.40. The second kappa shape index (κ2) is 10.9. The summed E-state index contributed by atoms with van der Waals surface area (Å²) in [7, 11) is 2.68. The standard InChI is InChI=1S/C27H23F6N9O2/c1-43-19-9-18(27(31,32)33)40-42(19)16-7-3-14(4-8-16)11-41-23-17(38-25(41)35-12-26(28,29)30)10-34-22(39-23)20-21(15-5-6-15)36-13-37-24(20)44-2/h3-4,7-10,13,15H,5-6,11-12H2,1-2H3,(H,35,38). The number of ether oxygens (including phenoxy) is 2. The molecule has 1 aliphatic carbocycles. The van der Waals surface area contributed by atoms with Gasteiger partial charge in [-0.15, -0.1) is 0 Å². The summed E-state index contributed by atoms with van der Waals surface area (Å²) in [5.74, 6) is 0.451. The molecule has 0 atom stereocenters. The molecule has 1 N–H and O–H groups in total. The molecule has 0 saturated heterocycles. The molecule has 1 fully saturated rings. The van der Waals surface area contributed by atoms with Crippen LogP contribution in [0.15, 0.2) is 42.9 Å². The van der Waals surface area contributed by atoms with Gasteiger partial charge in [0.2, 0.25) is 17.7 Å². The summed E-state index contributed by atoms with van der Waals surface area (Å²) in [6, 6.07) is 7.01. The highest BCUT2D eigenvalue weighted by molar-refractivity contribution is 5.78. The molecule has 44 heavy (non-hydrogen) atoms. The molecule has 11 nitrogen and oxygen atoms in total. The van der Waals surface area contributed by atoms with Crippen LogP contribution in [0.3, 0.4) is 0 Å². The van der Waals surface area contributed by atoms with Gasteiger partial charge < -0.3 is 14.8 Å². The van der Waals surface area contributed by atoms with Gasteiger partial charge in [0.05, 0.1) is 38.3 Å². The Morgan fingerprint density at radius 1 is 0.955 bits per heavy atom. The molecular weight excluding hydrogens is 596 g/mol. The molecule has 4 aromatic heterocycles. The number of benzene rings is 1. The van der Waals surface area contributed by atoms with Crippen molar-refractivity contribution in [3.8, 4) is 28.8 Å². The quantitative estimate of drug-likeness (QED) is 0.216. The van der Waals surface area contributed by atoms with E-state index in [1.165, 1.54) is 43.4 Å². The van der Waals surface area contributed by atoms with Crippen LogP contribution in [0.2, 0.25) is 0 Å². The first-order valence-electron chi connectivity index (χ1n) is 13.2. The van der Waals surface area contributed by atoms with Crippen molar-refractivity contribution in [1.29, 1.82) is 0 Å². The maximum Gasteiger partial charge on any atom is 0.435 e. The van der Waals surface area contributed by atoms with Crippen LogP contribution >= 0.6 is 0 Å². The summed E-state index contributed by atoms with van der Waals surface area (Å²) >= 11 is 0. The van der Waals surface area contributed by atoms with Crippen molar-refractivity contribution in [3.63, 3.8) is 0 Å². The molecule has 0 radical (unpaired) electrons. The highest BCUT2D eigenvalue weighted by atomic mass is 19.4. The summed E-state index contributed by atoms with van der Waals surface area (Å²) in [5.41, 5.74) is 1.43. The Balaban J connectivity index is 1.39. The highest BCUT2D eigenvalue weighted by Gasteiger charge is 2.36. The maximum absolute atomic E-state index is 13.2. The van der Waals surface area contributed by atoms with E-state index in [1.54, 1.807) is 12.1 Å². The summed E-state index contributed by atoms with van der Waals surface area (Å²) in [4.78, 5) is 22.0. The van der Waals surface area contributed by atoms with Crippen LogP contribution in [0.5, 0.6) is 11.8 Å². The molecule has 0 bridgehead atoms. The van der Waals surface area contributed by atoms with Crippen molar-refractivity contribution in [2.75, 3.05) is 26.1 Å². The number of imidazole rings is 1. The van der Waals surface area contributed by atoms with E-state index in [0.717, 1.165) is 29.3 Å². The lowest BCUT2D eigenvalue weighted by atomic mass is 10.1. The third-order valence-corrected chi connectivity index (χ3v) is 6.86. The average Bonchev–Trinajstić information content (AvgIpc) is 3.65. The van der Waals surface area contributed by atoms with E-state index in [2.05, 4.69) is 35.3 Å². The van der Waals surface area contributed by atoms with Crippen molar-refractivity contribution in [2.45, 2.75) is 37.7 Å². The second-order valence-electron chi connectivity index (χ2n) is 9.96. The van der Waals surface area contributed by atoms with Crippen LogP contribution in [-0.2, 0) is 12.7 Å². The van der Waals surface area contributed by atoms with Gasteiger partial charge in [0, 0.05) is 12.0 Å². The number of fused-ring (bicyclic) bond motifs is 1. The van der Waals surface area contributed by atoms with Gasteiger partial charge in [-0.1, -0.05) is 12.1 Å². The molecule has 0 amide bonds. The minimum Gasteiger partial charge on any atom is -0.481 e. The molecule has 0 spiro atoms. The van der Waals surface area contributed by atoms with Gasteiger partial charge in [0.1, 0.15) is 24.0 Å². The van der Waals surface area contributed by atoms with Crippen LogP contribution in [0, 0.1) is 0 Å². The van der Waals surface area contributed by atoms with E-state index in [1.807, 2.05) is 0 Å². The largest absolute Gasteiger partial charge is 0.481 e. The van der Waals surface area contributed by atoms with Gasteiger partial charge in [0.15, 0.2) is 17.2 Å². The van der Waals surface area contributed by atoms with E-state index >= 15 is 0 Å². The Morgan fingerprint density at radius 2 is 1.70 bits per heavy atom. The van der Waals surface area contributed by atoms with Crippen molar-refractivity contribution in [2.24, 2.45) is 0 Å². The number of nitrogens with zero attached hydrogens (tertiary/aromatic N) is 8. The van der Waals surface area contributed by atoms with Crippen LogP contribution in [0.25, 0.3) is 28.2 Å². The molecule has 1 aliphatic rings. The summed E-state index contributed by atoms with van der Waals surface area (Å²) in [6.45, 7) is -1.34. The van der Waals surface area contributed by atoms with Gasteiger partial charge in [-0.2, -0.15) is 31.4 Å². The Morgan fingerprint density at radius 3 is 2.34 bits per heavy atom. The lowest BCUT2D eigenvalue weighted by molar-refractivity contribution is -0.141. The van der Waals surface area contributed by atoms with E-state index in [-0.39, 0.29) is 52.8 Å².